The molecule has 0 aliphatic carbocycles. The summed E-state index contributed by atoms with van der Waals surface area (Å²) in [6, 6.07) is 10.1. The Morgan fingerprint density at radius 1 is 1.16 bits per heavy atom. The Balaban J connectivity index is 2.28. The fourth-order valence-electron chi connectivity index (χ4n) is 1.58. The molecule has 1 amide bonds. The van der Waals surface area contributed by atoms with Gasteiger partial charge in [0.05, 0.1) is 15.7 Å². The number of benzene rings is 2. The van der Waals surface area contributed by atoms with E-state index in [-0.39, 0.29) is 5.91 Å². The summed E-state index contributed by atoms with van der Waals surface area (Å²) in [5.41, 5.74) is 8.13. The molecule has 2 aromatic rings. The van der Waals surface area contributed by atoms with Gasteiger partial charge in [0.25, 0.3) is 5.91 Å². The molecule has 0 radical (unpaired) electrons. The Kier molecular flexibility index (Phi) is 3.98. The lowest BCUT2D eigenvalue weighted by atomic mass is 10.1. The van der Waals surface area contributed by atoms with Gasteiger partial charge in [-0.1, -0.05) is 35.3 Å². The van der Waals surface area contributed by atoms with Crippen LogP contribution in [0.5, 0.6) is 0 Å². The minimum atomic E-state index is -0.304. The second-order valence-electron chi connectivity index (χ2n) is 4.12. The number of aryl methyl sites for hydroxylation is 1. The summed E-state index contributed by atoms with van der Waals surface area (Å²) in [4.78, 5) is 12.1. The number of carbonyl (C=O) groups is 1. The van der Waals surface area contributed by atoms with E-state index in [9.17, 15) is 4.79 Å². The van der Waals surface area contributed by atoms with Crippen LogP contribution < -0.4 is 11.1 Å². The van der Waals surface area contributed by atoms with Gasteiger partial charge in [0, 0.05) is 11.3 Å². The smallest absolute Gasteiger partial charge is 0.255 e. The molecule has 0 atom stereocenters. The Morgan fingerprint density at radius 2 is 1.79 bits per heavy atom. The molecule has 0 saturated carbocycles. The van der Waals surface area contributed by atoms with Crippen LogP contribution in [0.25, 0.3) is 0 Å². The molecule has 3 nitrogen and oxygen atoms in total. The van der Waals surface area contributed by atoms with Gasteiger partial charge in [0.15, 0.2) is 0 Å². The molecule has 0 unspecified atom stereocenters. The van der Waals surface area contributed by atoms with Crippen LogP contribution in [0.3, 0.4) is 0 Å². The molecular weight excluding hydrogens is 283 g/mol. The van der Waals surface area contributed by atoms with Gasteiger partial charge in [0.1, 0.15) is 0 Å². The maximum atomic E-state index is 12.1. The van der Waals surface area contributed by atoms with Crippen molar-refractivity contribution in [1.82, 2.24) is 0 Å². The van der Waals surface area contributed by atoms with Crippen molar-refractivity contribution in [3.63, 3.8) is 0 Å². The fraction of sp³-hybridized carbons (Fsp3) is 0.0714. The summed E-state index contributed by atoms with van der Waals surface area (Å²) in [7, 11) is 0. The Morgan fingerprint density at radius 3 is 2.37 bits per heavy atom. The summed E-state index contributed by atoms with van der Waals surface area (Å²) in [6.45, 7) is 1.88. The van der Waals surface area contributed by atoms with E-state index in [4.69, 9.17) is 28.9 Å². The first-order valence-electron chi connectivity index (χ1n) is 5.60. The first-order chi connectivity index (χ1) is 8.99. The molecular formula is C14H12Cl2N2O. The highest BCUT2D eigenvalue weighted by Crippen LogP contribution is 2.30. The highest BCUT2D eigenvalue weighted by Gasteiger charge is 2.12. The van der Waals surface area contributed by atoms with Gasteiger partial charge < -0.3 is 11.1 Å². The maximum absolute atomic E-state index is 12.1. The molecule has 0 spiro atoms. The van der Waals surface area contributed by atoms with Gasteiger partial charge in [-0.15, -0.1) is 0 Å². The fourth-order valence-corrected chi connectivity index (χ4v) is 2.08. The quantitative estimate of drug-likeness (QED) is 0.818. The van der Waals surface area contributed by atoms with Crippen molar-refractivity contribution < 1.29 is 4.79 Å². The van der Waals surface area contributed by atoms with Gasteiger partial charge in [-0.05, 0) is 36.8 Å². The predicted molar refractivity (Wildman–Crippen MR) is 80.0 cm³/mol. The first-order valence-corrected chi connectivity index (χ1v) is 6.36. The van der Waals surface area contributed by atoms with E-state index < -0.39 is 0 Å². The molecule has 0 aromatic heterocycles. The SMILES string of the molecule is Cc1ccc(C(=O)Nc2c(Cl)cccc2Cl)cc1N. The third-order valence-electron chi connectivity index (χ3n) is 2.74. The lowest BCUT2D eigenvalue weighted by Gasteiger charge is -2.10. The summed E-state index contributed by atoms with van der Waals surface area (Å²) in [6.07, 6.45) is 0. The molecule has 2 rings (SSSR count). The van der Waals surface area contributed by atoms with Gasteiger partial charge in [-0.2, -0.15) is 0 Å². The van der Waals surface area contributed by atoms with Crippen molar-refractivity contribution in [1.29, 1.82) is 0 Å². The van der Waals surface area contributed by atoms with Crippen molar-refractivity contribution in [2.45, 2.75) is 6.92 Å². The number of nitrogens with two attached hydrogens (primary N) is 1. The maximum Gasteiger partial charge on any atom is 0.255 e. The number of carbonyl (C=O) groups excluding carboxylic acids is 1. The highest BCUT2D eigenvalue weighted by molar-refractivity contribution is 6.40. The largest absolute Gasteiger partial charge is 0.398 e. The number of halogens is 2. The van der Waals surface area contributed by atoms with E-state index >= 15 is 0 Å². The second-order valence-corrected chi connectivity index (χ2v) is 4.94. The number of amides is 1. The lowest BCUT2D eigenvalue weighted by molar-refractivity contribution is 0.102. The van der Waals surface area contributed by atoms with Gasteiger partial charge >= 0.3 is 0 Å². The molecule has 0 aliphatic rings. The molecule has 0 saturated heterocycles. The van der Waals surface area contributed by atoms with Crippen LogP contribution in [0.1, 0.15) is 15.9 Å². The highest BCUT2D eigenvalue weighted by atomic mass is 35.5. The van der Waals surface area contributed by atoms with Crippen LogP contribution in [-0.4, -0.2) is 5.91 Å². The van der Waals surface area contributed by atoms with E-state index in [1.807, 2.05) is 6.92 Å². The average Bonchev–Trinajstić information content (AvgIpc) is 2.37. The minimum Gasteiger partial charge on any atom is -0.398 e. The zero-order valence-corrected chi connectivity index (χ0v) is 11.7. The molecule has 2 aromatic carbocycles. The number of rotatable bonds is 2. The summed E-state index contributed by atoms with van der Waals surface area (Å²) in [5.74, 6) is -0.304. The Labute approximate surface area is 121 Å². The van der Waals surface area contributed by atoms with Crippen LogP contribution in [-0.2, 0) is 0 Å². The van der Waals surface area contributed by atoms with Crippen molar-refractivity contribution in [2.24, 2.45) is 0 Å². The standard InChI is InChI=1S/C14H12Cl2N2O/c1-8-5-6-9(7-12(8)17)14(19)18-13-10(15)3-2-4-11(13)16/h2-7H,17H2,1H3,(H,18,19). The predicted octanol–water partition coefficient (Wildman–Crippen LogP) is 4.14. The first kappa shape index (κ1) is 13.7. The number of anilines is 2. The summed E-state index contributed by atoms with van der Waals surface area (Å²) < 4.78 is 0. The van der Waals surface area contributed by atoms with Crippen LogP contribution >= 0.6 is 23.2 Å². The van der Waals surface area contributed by atoms with E-state index in [1.165, 1.54) is 0 Å². The van der Waals surface area contributed by atoms with Crippen LogP contribution in [0.4, 0.5) is 11.4 Å². The zero-order valence-electron chi connectivity index (χ0n) is 10.2. The summed E-state index contributed by atoms with van der Waals surface area (Å²) >= 11 is 12.0. The van der Waals surface area contributed by atoms with Crippen LogP contribution in [0.15, 0.2) is 36.4 Å². The lowest BCUT2D eigenvalue weighted by Crippen LogP contribution is -2.13. The number of nitrogens with one attached hydrogen (secondary N) is 1. The second kappa shape index (κ2) is 5.51. The Hall–Kier alpha value is -1.71. The molecule has 5 heteroatoms. The number of hydrogen-bond acceptors (Lipinski definition) is 2. The van der Waals surface area contributed by atoms with Crippen molar-refractivity contribution in [3.05, 3.63) is 57.6 Å². The molecule has 0 fully saturated rings. The zero-order chi connectivity index (χ0) is 14.0. The van der Waals surface area contributed by atoms with Gasteiger partial charge in [0.2, 0.25) is 0 Å². The van der Waals surface area contributed by atoms with Gasteiger partial charge in [-0.25, -0.2) is 0 Å². The number of para-hydroxylation sites is 1. The van der Waals surface area contributed by atoms with Crippen molar-refractivity contribution in [3.8, 4) is 0 Å². The molecule has 0 heterocycles. The molecule has 98 valence electrons. The molecule has 19 heavy (non-hydrogen) atoms. The number of nitrogen functional groups attached to an aromatic ring is 1. The molecule has 0 aliphatic heterocycles. The van der Waals surface area contributed by atoms with E-state index in [1.54, 1.807) is 36.4 Å². The topological polar surface area (TPSA) is 55.1 Å². The summed E-state index contributed by atoms with van der Waals surface area (Å²) in [5, 5.41) is 3.46. The minimum absolute atomic E-state index is 0.304. The van der Waals surface area contributed by atoms with Crippen LogP contribution in [0, 0.1) is 6.92 Å². The van der Waals surface area contributed by atoms with E-state index in [2.05, 4.69) is 5.32 Å². The van der Waals surface area contributed by atoms with Crippen LogP contribution in [0.2, 0.25) is 10.0 Å². The third kappa shape index (κ3) is 3.00. The molecule has 0 bridgehead atoms. The average molecular weight is 295 g/mol. The van der Waals surface area contributed by atoms with E-state index in [0.29, 0.717) is 27.0 Å². The van der Waals surface area contributed by atoms with E-state index in [0.717, 1.165) is 5.56 Å². The number of hydrogen-bond donors (Lipinski definition) is 2. The van der Waals surface area contributed by atoms with Gasteiger partial charge in [-0.3, -0.25) is 4.79 Å². The molecule has 3 N–H and O–H groups in total. The Bertz CT molecular complexity index is 621. The normalized spacial score (nSPS) is 10.3. The van der Waals surface area contributed by atoms with Crippen molar-refractivity contribution in [2.75, 3.05) is 11.1 Å². The third-order valence-corrected chi connectivity index (χ3v) is 3.37. The van der Waals surface area contributed by atoms with Crippen molar-refractivity contribution >= 4 is 40.5 Å². The monoisotopic (exact) mass is 294 g/mol.